The molecule has 1 aromatic rings. The van der Waals surface area contributed by atoms with Crippen LogP contribution in [0.15, 0.2) is 12.4 Å². The van der Waals surface area contributed by atoms with Gasteiger partial charge in [0.25, 0.3) is 0 Å². The number of nitrogens with two attached hydrogens (primary N) is 1. The Morgan fingerprint density at radius 3 is 2.58 bits per heavy atom. The summed E-state index contributed by atoms with van der Waals surface area (Å²) in [7, 11) is 0. The summed E-state index contributed by atoms with van der Waals surface area (Å²) < 4.78 is 2.21. The molecule has 1 atom stereocenters. The Morgan fingerprint density at radius 1 is 1.26 bits per heavy atom. The molecule has 2 aliphatic rings. The van der Waals surface area contributed by atoms with Gasteiger partial charge in [0.15, 0.2) is 0 Å². The van der Waals surface area contributed by atoms with Gasteiger partial charge in [-0.05, 0) is 45.7 Å². The Balaban J connectivity index is 1.91. The van der Waals surface area contributed by atoms with Gasteiger partial charge < -0.3 is 10.3 Å². The van der Waals surface area contributed by atoms with E-state index < -0.39 is 0 Å². The van der Waals surface area contributed by atoms with Crippen LogP contribution in [0.2, 0.25) is 0 Å². The molecule has 4 heteroatoms. The minimum absolute atomic E-state index is 0.0584. The molecule has 1 aromatic heterocycles. The van der Waals surface area contributed by atoms with Crippen LogP contribution in [0.3, 0.4) is 0 Å². The first kappa shape index (κ1) is 13.1. The monoisotopic (exact) mass is 262 g/mol. The van der Waals surface area contributed by atoms with Gasteiger partial charge in [0.05, 0.1) is 6.04 Å². The number of hydrogen-bond donors (Lipinski definition) is 1. The summed E-state index contributed by atoms with van der Waals surface area (Å²) in [6.07, 6.45) is 11.7. The van der Waals surface area contributed by atoms with Crippen molar-refractivity contribution >= 4 is 0 Å². The summed E-state index contributed by atoms with van der Waals surface area (Å²) >= 11 is 0. The van der Waals surface area contributed by atoms with Crippen molar-refractivity contribution in [2.75, 3.05) is 13.1 Å². The van der Waals surface area contributed by atoms with Crippen molar-refractivity contribution in [3.63, 3.8) is 0 Å². The van der Waals surface area contributed by atoms with E-state index in [2.05, 4.69) is 27.6 Å². The van der Waals surface area contributed by atoms with E-state index in [9.17, 15) is 0 Å². The van der Waals surface area contributed by atoms with Crippen molar-refractivity contribution in [2.24, 2.45) is 5.73 Å². The molecule has 0 bridgehead atoms. The molecule has 106 valence electrons. The zero-order chi connectivity index (χ0) is 13.3. The van der Waals surface area contributed by atoms with Gasteiger partial charge in [-0.3, -0.25) is 4.90 Å². The average molecular weight is 262 g/mol. The molecule has 2 N–H and O–H groups in total. The lowest BCUT2D eigenvalue weighted by molar-refractivity contribution is 0.0877. The minimum atomic E-state index is 0.0584. The lowest BCUT2D eigenvalue weighted by atomic mass is 9.86. The molecular formula is C15H26N4. The molecule has 0 spiro atoms. The van der Waals surface area contributed by atoms with Crippen LogP contribution in [-0.2, 0) is 6.54 Å². The van der Waals surface area contributed by atoms with E-state index in [1.54, 1.807) is 0 Å². The molecule has 2 heterocycles. The molecule has 3 rings (SSSR count). The van der Waals surface area contributed by atoms with E-state index >= 15 is 0 Å². The van der Waals surface area contributed by atoms with Gasteiger partial charge in [-0.2, -0.15) is 0 Å². The van der Waals surface area contributed by atoms with Gasteiger partial charge in [0.1, 0.15) is 5.82 Å². The van der Waals surface area contributed by atoms with E-state index in [1.165, 1.54) is 51.6 Å². The molecule has 2 fully saturated rings. The van der Waals surface area contributed by atoms with E-state index in [1.807, 2.05) is 6.20 Å². The van der Waals surface area contributed by atoms with Crippen molar-refractivity contribution in [2.45, 2.75) is 63.6 Å². The van der Waals surface area contributed by atoms with Crippen LogP contribution in [0.1, 0.15) is 57.3 Å². The number of rotatable bonds is 4. The van der Waals surface area contributed by atoms with Crippen molar-refractivity contribution in [1.29, 1.82) is 0 Å². The first-order valence-electron chi connectivity index (χ1n) is 7.79. The minimum Gasteiger partial charge on any atom is -0.334 e. The van der Waals surface area contributed by atoms with Crippen LogP contribution in [0, 0.1) is 0 Å². The normalized spacial score (nSPS) is 24.9. The summed E-state index contributed by atoms with van der Waals surface area (Å²) in [6.45, 7) is 5.56. The van der Waals surface area contributed by atoms with Crippen molar-refractivity contribution in [3.05, 3.63) is 18.2 Å². The summed E-state index contributed by atoms with van der Waals surface area (Å²) in [6, 6.07) is 0.0584. The highest BCUT2D eigenvalue weighted by Gasteiger charge is 2.47. The third-order valence-electron chi connectivity index (χ3n) is 5.15. The summed E-state index contributed by atoms with van der Waals surface area (Å²) in [5, 5.41) is 0. The second kappa shape index (κ2) is 5.25. The van der Waals surface area contributed by atoms with Gasteiger partial charge in [-0.1, -0.05) is 12.8 Å². The van der Waals surface area contributed by atoms with Gasteiger partial charge in [-0.25, -0.2) is 4.98 Å². The lowest BCUT2D eigenvalue weighted by Gasteiger charge is -2.43. The fraction of sp³-hybridized carbons (Fsp3) is 0.800. The number of aromatic nitrogens is 2. The van der Waals surface area contributed by atoms with Crippen LogP contribution in [0.25, 0.3) is 0 Å². The molecule has 1 aliphatic carbocycles. The van der Waals surface area contributed by atoms with Crippen molar-refractivity contribution in [3.8, 4) is 0 Å². The Bertz CT molecular complexity index is 414. The molecule has 0 amide bonds. The topological polar surface area (TPSA) is 47.1 Å². The first-order chi connectivity index (χ1) is 9.28. The molecule has 0 radical (unpaired) electrons. The first-order valence-corrected chi connectivity index (χ1v) is 7.79. The van der Waals surface area contributed by atoms with Crippen LogP contribution in [-0.4, -0.2) is 33.1 Å². The van der Waals surface area contributed by atoms with E-state index in [-0.39, 0.29) is 11.6 Å². The van der Waals surface area contributed by atoms with Crippen LogP contribution >= 0.6 is 0 Å². The molecule has 0 aromatic carbocycles. The van der Waals surface area contributed by atoms with Gasteiger partial charge in [-0.15, -0.1) is 0 Å². The average Bonchev–Trinajstić information content (AvgIpc) is 3.16. The number of aryl methyl sites for hydroxylation is 1. The molecular weight excluding hydrogens is 236 g/mol. The SMILES string of the molecule is CCn1ccnc1C(N)C1(N2CCCC2)CCCC1. The molecule has 1 saturated heterocycles. The maximum absolute atomic E-state index is 6.71. The van der Waals surface area contributed by atoms with E-state index in [4.69, 9.17) is 5.73 Å². The highest BCUT2D eigenvalue weighted by Crippen LogP contribution is 2.44. The fourth-order valence-electron chi connectivity index (χ4n) is 4.08. The summed E-state index contributed by atoms with van der Waals surface area (Å²) in [5.41, 5.74) is 6.89. The Hall–Kier alpha value is -0.870. The molecule has 1 saturated carbocycles. The number of hydrogen-bond acceptors (Lipinski definition) is 3. The highest BCUT2D eigenvalue weighted by molar-refractivity contribution is 5.12. The number of likely N-dealkylation sites (tertiary alicyclic amines) is 1. The molecule has 19 heavy (non-hydrogen) atoms. The van der Waals surface area contributed by atoms with Crippen molar-refractivity contribution in [1.82, 2.24) is 14.5 Å². The van der Waals surface area contributed by atoms with Gasteiger partial charge in [0, 0.05) is 24.5 Å². The van der Waals surface area contributed by atoms with Crippen molar-refractivity contribution < 1.29 is 0 Å². The Morgan fingerprint density at radius 2 is 1.95 bits per heavy atom. The third kappa shape index (κ3) is 2.11. The third-order valence-corrected chi connectivity index (χ3v) is 5.15. The van der Waals surface area contributed by atoms with E-state index in [0.717, 1.165) is 12.4 Å². The van der Waals surface area contributed by atoms with Gasteiger partial charge in [0.2, 0.25) is 0 Å². The Labute approximate surface area is 116 Å². The molecule has 1 aliphatic heterocycles. The number of imidazole rings is 1. The second-order valence-electron chi connectivity index (χ2n) is 6.05. The Kier molecular flexibility index (Phi) is 3.63. The summed E-state index contributed by atoms with van der Waals surface area (Å²) in [5.74, 6) is 1.08. The molecule has 4 nitrogen and oxygen atoms in total. The highest BCUT2D eigenvalue weighted by atomic mass is 15.2. The number of nitrogens with zero attached hydrogens (tertiary/aromatic N) is 3. The summed E-state index contributed by atoms with van der Waals surface area (Å²) in [4.78, 5) is 7.23. The second-order valence-corrected chi connectivity index (χ2v) is 6.05. The van der Waals surface area contributed by atoms with E-state index in [0.29, 0.717) is 0 Å². The largest absolute Gasteiger partial charge is 0.334 e. The predicted molar refractivity (Wildman–Crippen MR) is 76.8 cm³/mol. The smallest absolute Gasteiger partial charge is 0.127 e. The maximum atomic E-state index is 6.71. The molecule has 1 unspecified atom stereocenters. The maximum Gasteiger partial charge on any atom is 0.127 e. The quantitative estimate of drug-likeness (QED) is 0.906. The van der Waals surface area contributed by atoms with Gasteiger partial charge >= 0.3 is 0 Å². The standard InChI is InChI=1S/C15H26N4/c1-2-18-12-9-17-14(18)13(16)15(7-3-4-8-15)19-10-5-6-11-19/h9,12-13H,2-8,10-11,16H2,1H3. The lowest BCUT2D eigenvalue weighted by Crippen LogP contribution is -2.53. The van der Waals surface area contributed by atoms with Crippen LogP contribution in [0.4, 0.5) is 0 Å². The van der Waals surface area contributed by atoms with Crippen LogP contribution in [0.5, 0.6) is 0 Å². The predicted octanol–water partition coefficient (Wildman–Crippen LogP) is 2.31. The van der Waals surface area contributed by atoms with Crippen LogP contribution < -0.4 is 5.73 Å². The fourth-order valence-corrected chi connectivity index (χ4v) is 4.08. The zero-order valence-corrected chi connectivity index (χ0v) is 12.0. The zero-order valence-electron chi connectivity index (χ0n) is 12.0.